The zero-order chi connectivity index (χ0) is 21.2. The van der Waals surface area contributed by atoms with Crippen LogP contribution in [0.1, 0.15) is 19.3 Å². The summed E-state index contributed by atoms with van der Waals surface area (Å²) in [4.78, 5) is 22.0. The van der Waals surface area contributed by atoms with Crippen LogP contribution in [0.5, 0.6) is 11.6 Å². The monoisotopic (exact) mass is 416 g/mol. The van der Waals surface area contributed by atoms with Crippen LogP contribution >= 0.6 is 0 Å². The maximum absolute atomic E-state index is 11.1. The summed E-state index contributed by atoms with van der Waals surface area (Å²) in [6.07, 6.45) is 3.85. The van der Waals surface area contributed by atoms with Crippen LogP contribution < -0.4 is 4.74 Å². The third kappa shape index (κ3) is 3.91. The van der Waals surface area contributed by atoms with Crippen LogP contribution in [0.25, 0.3) is 21.9 Å². The van der Waals surface area contributed by atoms with Crippen molar-refractivity contribution in [2.45, 2.75) is 25.8 Å². The number of amides is 1. The number of aromatic nitrogens is 3. The molecule has 1 aliphatic rings. The Morgan fingerprint density at radius 1 is 1.06 bits per heavy atom. The molecule has 158 valence electrons. The van der Waals surface area contributed by atoms with Gasteiger partial charge in [0.1, 0.15) is 5.75 Å². The van der Waals surface area contributed by atoms with Gasteiger partial charge in [0, 0.05) is 25.0 Å². The van der Waals surface area contributed by atoms with E-state index in [-0.39, 0.29) is 0 Å². The van der Waals surface area contributed by atoms with Gasteiger partial charge in [-0.2, -0.15) is 0 Å². The number of piperidine rings is 1. The summed E-state index contributed by atoms with van der Waals surface area (Å²) in [5.74, 6) is 1.75. The molecule has 0 bridgehead atoms. The standard InChI is InChI=1S/C24H24N4O3/c29-24(30)27-13-10-17(11-14-27)12-15-28-16-25-21-22(28)19-8-4-5-9-20(19)26-23(21)31-18-6-2-1-3-7-18/h1-9,16-17H,10-15H2,(H,29,30). The van der Waals surface area contributed by atoms with Crippen LogP contribution in [0.2, 0.25) is 0 Å². The number of ether oxygens (including phenoxy) is 1. The predicted molar refractivity (Wildman–Crippen MR) is 118 cm³/mol. The van der Waals surface area contributed by atoms with Gasteiger partial charge in [-0.25, -0.2) is 14.8 Å². The van der Waals surface area contributed by atoms with E-state index in [0.29, 0.717) is 24.9 Å². The van der Waals surface area contributed by atoms with E-state index in [9.17, 15) is 4.79 Å². The Labute approximate surface area is 179 Å². The van der Waals surface area contributed by atoms with E-state index in [2.05, 4.69) is 15.6 Å². The average molecular weight is 416 g/mol. The third-order valence-electron chi connectivity index (χ3n) is 6.04. The smallest absolute Gasteiger partial charge is 0.407 e. The van der Waals surface area contributed by atoms with Crippen LogP contribution in [0.3, 0.4) is 0 Å². The highest BCUT2D eigenvalue weighted by atomic mass is 16.5. The molecule has 5 rings (SSSR count). The van der Waals surface area contributed by atoms with Crippen molar-refractivity contribution >= 4 is 28.0 Å². The Bertz CT molecular complexity index is 1210. The molecule has 4 aromatic rings. The molecule has 7 heteroatoms. The van der Waals surface area contributed by atoms with Gasteiger partial charge >= 0.3 is 6.09 Å². The fourth-order valence-corrected chi connectivity index (χ4v) is 4.33. The lowest BCUT2D eigenvalue weighted by atomic mass is 9.94. The number of likely N-dealkylation sites (tertiary alicyclic amines) is 1. The van der Waals surface area contributed by atoms with Crippen molar-refractivity contribution in [3.05, 3.63) is 60.9 Å². The van der Waals surface area contributed by atoms with Crippen molar-refractivity contribution in [2.75, 3.05) is 13.1 Å². The molecule has 1 amide bonds. The van der Waals surface area contributed by atoms with E-state index in [4.69, 9.17) is 14.8 Å². The molecular weight excluding hydrogens is 392 g/mol. The van der Waals surface area contributed by atoms with Gasteiger partial charge in [-0.05, 0) is 43.4 Å². The lowest BCUT2D eigenvalue weighted by Gasteiger charge is -2.30. The van der Waals surface area contributed by atoms with E-state index in [1.54, 1.807) is 0 Å². The Morgan fingerprint density at radius 2 is 1.81 bits per heavy atom. The number of para-hydroxylation sites is 2. The maximum Gasteiger partial charge on any atom is 0.407 e. The molecule has 1 N–H and O–H groups in total. The number of carboxylic acid groups (broad SMARTS) is 1. The number of carbonyl (C=O) groups is 1. The summed E-state index contributed by atoms with van der Waals surface area (Å²) in [5.41, 5.74) is 2.65. The molecule has 1 fully saturated rings. The molecule has 0 unspecified atom stereocenters. The zero-order valence-electron chi connectivity index (χ0n) is 17.1. The Balaban J connectivity index is 1.43. The van der Waals surface area contributed by atoms with Crippen molar-refractivity contribution in [3.8, 4) is 11.6 Å². The minimum atomic E-state index is -0.816. The zero-order valence-corrected chi connectivity index (χ0v) is 17.1. The molecule has 0 saturated carbocycles. The van der Waals surface area contributed by atoms with E-state index in [1.165, 1.54) is 4.90 Å². The quantitative estimate of drug-likeness (QED) is 0.486. The van der Waals surface area contributed by atoms with E-state index in [1.807, 2.05) is 54.9 Å². The first-order chi connectivity index (χ1) is 15.2. The normalized spacial score (nSPS) is 14.9. The number of benzene rings is 2. The number of pyridine rings is 1. The van der Waals surface area contributed by atoms with Gasteiger partial charge in [-0.3, -0.25) is 0 Å². The highest BCUT2D eigenvalue weighted by molar-refractivity contribution is 6.04. The van der Waals surface area contributed by atoms with Crippen LogP contribution in [0, 0.1) is 5.92 Å². The summed E-state index contributed by atoms with van der Waals surface area (Å²) in [5, 5.41) is 10.2. The summed E-state index contributed by atoms with van der Waals surface area (Å²) >= 11 is 0. The second kappa shape index (κ2) is 8.26. The number of fused-ring (bicyclic) bond motifs is 3. The number of hydrogen-bond acceptors (Lipinski definition) is 4. The van der Waals surface area contributed by atoms with Crippen molar-refractivity contribution in [1.82, 2.24) is 19.4 Å². The fraction of sp³-hybridized carbons (Fsp3) is 0.292. The lowest BCUT2D eigenvalue weighted by Crippen LogP contribution is -2.37. The second-order valence-corrected chi connectivity index (χ2v) is 7.99. The second-order valence-electron chi connectivity index (χ2n) is 7.99. The van der Waals surface area contributed by atoms with Crippen LogP contribution in [0.15, 0.2) is 60.9 Å². The minimum absolute atomic E-state index is 0.508. The average Bonchev–Trinajstić information content (AvgIpc) is 3.23. The van der Waals surface area contributed by atoms with E-state index < -0.39 is 6.09 Å². The maximum atomic E-state index is 11.1. The Morgan fingerprint density at radius 3 is 2.58 bits per heavy atom. The van der Waals surface area contributed by atoms with Crippen LogP contribution in [0.4, 0.5) is 4.79 Å². The fourth-order valence-electron chi connectivity index (χ4n) is 4.33. The van der Waals surface area contributed by atoms with Gasteiger partial charge in [-0.15, -0.1) is 0 Å². The van der Waals surface area contributed by atoms with Gasteiger partial charge in [0.05, 0.1) is 17.4 Å². The molecule has 2 aromatic heterocycles. The van der Waals surface area contributed by atoms with Gasteiger partial charge in [0.25, 0.3) is 0 Å². The van der Waals surface area contributed by atoms with Crippen molar-refractivity contribution in [3.63, 3.8) is 0 Å². The van der Waals surface area contributed by atoms with Gasteiger partial charge in [-0.1, -0.05) is 36.4 Å². The number of imidazole rings is 1. The number of aryl methyl sites for hydroxylation is 1. The number of rotatable bonds is 5. The predicted octanol–water partition coefficient (Wildman–Crippen LogP) is 5.16. The van der Waals surface area contributed by atoms with Gasteiger partial charge < -0.3 is 19.3 Å². The first kappa shape index (κ1) is 19.4. The van der Waals surface area contributed by atoms with Crippen LogP contribution in [-0.2, 0) is 6.54 Å². The molecule has 3 heterocycles. The third-order valence-corrected chi connectivity index (χ3v) is 6.04. The molecule has 2 aromatic carbocycles. The molecule has 0 spiro atoms. The van der Waals surface area contributed by atoms with E-state index in [0.717, 1.165) is 53.5 Å². The van der Waals surface area contributed by atoms with Gasteiger partial charge in [0.2, 0.25) is 5.88 Å². The molecule has 7 nitrogen and oxygen atoms in total. The lowest BCUT2D eigenvalue weighted by molar-refractivity contribution is 0.122. The summed E-state index contributed by atoms with van der Waals surface area (Å²) in [6.45, 7) is 2.06. The molecule has 1 aliphatic heterocycles. The van der Waals surface area contributed by atoms with Crippen LogP contribution in [-0.4, -0.2) is 43.7 Å². The van der Waals surface area contributed by atoms with Crippen molar-refractivity contribution < 1.29 is 14.6 Å². The largest absolute Gasteiger partial charge is 0.465 e. The van der Waals surface area contributed by atoms with Crippen molar-refractivity contribution in [2.24, 2.45) is 5.92 Å². The first-order valence-corrected chi connectivity index (χ1v) is 10.6. The number of hydrogen-bond donors (Lipinski definition) is 1. The molecular formula is C24H24N4O3. The highest BCUT2D eigenvalue weighted by Gasteiger charge is 2.23. The molecule has 0 aliphatic carbocycles. The van der Waals surface area contributed by atoms with Crippen molar-refractivity contribution in [1.29, 1.82) is 0 Å². The van der Waals surface area contributed by atoms with E-state index >= 15 is 0 Å². The topological polar surface area (TPSA) is 80.5 Å². The molecule has 31 heavy (non-hydrogen) atoms. The Kier molecular flexibility index (Phi) is 5.16. The highest BCUT2D eigenvalue weighted by Crippen LogP contribution is 2.33. The molecule has 0 atom stereocenters. The molecule has 1 saturated heterocycles. The SMILES string of the molecule is O=C(O)N1CCC(CCn2cnc3c(Oc4ccccc4)nc4ccccc4c32)CC1. The molecule has 0 radical (unpaired) electrons. The number of nitrogens with zero attached hydrogens (tertiary/aromatic N) is 4. The summed E-state index contributed by atoms with van der Waals surface area (Å²) < 4.78 is 8.28. The summed E-state index contributed by atoms with van der Waals surface area (Å²) in [7, 11) is 0. The minimum Gasteiger partial charge on any atom is -0.465 e. The Hall–Kier alpha value is -3.61. The van der Waals surface area contributed by atoms with Gasteiger partial charge in [0.15, 0.2) is 5.52 Å². The first-order valence-electron chi connectivity index (χ1n) is 10.6. The summed E-state index contributed by atoms with van der Waals surface area (Å²) in [6, 6.07) is 17.7.